The highest BCUT2D eigenvalue weighted by Gasteiger charge is 2.38. The zero-order valence-corrected chi connectivity index (χ0v) is 11.7. The number of hydrogen-bond donors (Lipinski definition) is 2. The molecule has 102 valence electrons. The van der Waals surface area contributed by atoms with Gasteiger partial charge in [0.05, 0.1) is 10.7 Å². The average Bonchev–Trinajstić information content (AvgIpc) is 2.94. The highest BCUT2D eigenvalue weighted by Crippen LogP contribution is 2.29. The zero-order valence-electron chi connectivity index (χ0n) is 10.9. The minimum absolute atomic E-state index is 0.0365. The van der Waals surface area contributed by atoms with Gasteiger partial charge in [0, 0.05) is 26.2 Å². The number of likely N-dealkylation sites (tertiary alicyclic amines) is 1. The summed E-state index contributed by atoms with van der Waals surface area (Å²) in [4.78, 5) is 14.2. The van der Waals surface area contributed by atoms with E-state index in [4.69, 9.17) is 11.6 Å². The van der Waals surface area contributed by atoms with Gasteiger partial charge in [0.2, 0.25) is 0 Å². The number of benzene rings is 1. The number of urea groups is 1. The first-order valence-electron chi connectivity index (χ1n) is 6.67. The topological polar surface area (TPSA) is 44.4 Å². The Kier molecular flexibility index (Phi) is 3.37. The van der Waals surface area contributed by atoms with Gasteiger partial charge >= 0.3 is 6.03 Å². The van der Waals surface area contributed by atoms with Crippen LogP contribution in [0.15, 0.2) is 18.2 Å². The van der Waals surface area contributed by atoms with Crippen molar-refractivity contribution >= 4 is 23.3 Å². The van der Waals surface area contributed by atoms with Gasteiger partial charge in [0.15, 0.2) is 0 Å². The number of anilines is 1. The van der Waals surface area contributed by atoms with E-state index < -0.39 is 0 Å². The quantitative estimate of drug-likeness (QED) is 0.829. The van der Waals surface area contributed by atoms with E-state index >= 15 is 0 Å². The van der Waals surface area contributed by atoms with E-state index in [1.807, 2.05) is 24.0 Å². The molecule has 0 spiro atoms. The van der Waals surface area contributed by atoms with E-state index in [2.05, 4.69) is 10.6 Å². The molecule has 0 aliphatic carbocycles. The molecule has 0 aromatic heterocycles. The van der Waals surface area contributed by atoms with Gasteiger partial charge in [0.1, 0.15) is 0 Å². The van der Waals surface area contributed by atoms with Gasteiger partial charge < -0.3 is 15.5 Å². The number of fused-ring (bicyclic) bond motifs is 1. The molecule has 2 aliphatic rings. The maximum atomic E-state index is 12.3. The Labute approximate surface area is 118 Å². The van der Waals surface area contributed by atoms with Crippen molar-refractivity contribution < 1.29 is 4.79 Å². The number of carbonyl (C=O) groups is 1. The summed E-state index contributed by atoms with van der Waals surface area (Å²) in [6.45, 7) is 5.68. The van der Waals surface area contributed by atoms with E-state index in [1.165, 1.54) is 0 Å². The van der Waals surface area contributed by atoms with Gasteiger partial charge in [-0.2, -0.15) is 0 Å². The van der Waals surface area contributed by atoms with Crippen LogP contribution in [0.25, 0.3) is 0 Å². The number of hydrogen-bond acceptors (Lipinski definition) is 2. The molecule has 0 saturated carbocycles. The van der Waals surface area contributed by atoms with Crippen LogP contribution in [-0.2, 0) is 0 Å². The van der Waals surface area contributed by atoms with Crippen molar-refractivity contribution in [1.29, 1.82) is 0 Å². The third-order valence-electron chi connectivity index (χ3n) is 4.13. The number of amides is 2. The molecule has 2 amide bonds. The Morgan fingerprint density at radius 2 is 2.05 bits per heavy atom. The zero-order chi connectivity index (χ0) is 13.4. The Morgan fingerprint density at radius 3 is 2.68 bits per heavy atom. The standard InChI is InChI=1S/C14H18ClN3O/c1-9-3-2-4-12(15)13(9)17-14(19)18-7-10-5-16-6-11(10)8-18/h2-4,10-11,16H,5-8H2,1H3,(H,17,19)/t10-,11+. The van der Waals surface area contributed by atoms with E-state index in [0.29, 0.717) is 16.9 Å². The van der Waals surface area contributed by atoms with Crippen LogP contribution in [0, 0.1) is 18.8 Å². The number of aryl methyl sites for hydroxylation is 1. The van der Waals surface area contributed by atoms with Crippen molar-refractivity contribution in [1.82, 2.24) is 10.2 Å². The summed E-state index contributed by atoms with van der Waals surface area (Å²) in [5.74, 6) is 1.22. The second-order valence-corrected chi connectivity index (χ2v) is 5.85. The third kappa shape index (κ3) is 2.42. The predicted octanol–water partition coefficient (Wildman–Crippen LogP) is 2.33. The molecular formula is C14H18ClN3O. The molecule has 5 heteroatoms. The van der Waals surface area contributed by atoms with Crippen molar-refractivity contribution in [3.63, 3.8) is 0 Å². The lowest BCUT2D eigenvalue weighted by Gasteiger charge is -2.19. The maximum absolute atomic E-state index is 12.3. The normalized spacial score (nSPS) is 25.5. The summed E-state index contributed by atoms with van der Waals surface area (Å²) < 4.78 is 0. The van der Waals surface area contributed by atoms with Crippen LogP contribution in [0.4, 0.5) is 10.5 Å². The van der Waals surface area contributed by atoms with Crippen LogP contribution < -0.4 is 10.6 Å². The molecule has 0 unspecified atom stereocenters. The fourth-order valence-electron chi connectivity index (χ4n) is 3.00. The highest BCUT2D eigenvalue weighted by molar-refractivity contribution is 6.33. The molecule has 2 heterocycles. The molecule has 0 radical (unpaired) electrons. The Hall–Kier alpha value is -1.26. The Morgan fingerprint density at radius 1 is 1.37 bits per heavy atom. The first-order valence-corrected chi connectivity index (χ1v) is 7.04. The number of rotatable bonds is 1. The van der Waals surface area contributed by atoms with Gasteiger partial charge in [-0.15, -0.1) is 0 Å². The summed E-state index contributed by atoms with van der Waals surface area (Å²) in [6.07, 6.45) is 0. The van der Waals surface area contributed by atoms with E-state index in [-0.39, 0.29) is 6.03 Å². The summed E-state index contributed by atoms with van der Waals surface area (Å²) in [6, 6.07) is 5.60. The number of carbonyl (C=O) groups excluding carboxylic acids is 1. The van der Waals surface area contributed by atoms with Crippen molar-refractivity contribution in [2.24, 2.45) is 11.8 Å². The van der Waals surface area contributed by atoms with E-state index in [1.54, 1.807) is 6.07 Å². The summed E-state index contributed by atoms with van der Waals surface area (Å²) >= 11 is 6.13. The van der Waals surface area contributed by atoms with Crippen LogP contribution in [0.2, 0.25) is 5.02 Å². The number of halogens is 1. The van der Waals surface area contributed by atoms with Crippen molar-refractivity contribution in [3.8, 4) is 0 Å². The van der Waals surface area contributed by atoms with Crippen LogP contribution in [-0.4, -0.2) is 37.1 Å². The van der Waals surface area contributed by atoms with Gasteiger partial charge in [-0.05, 0) is 30.4 Å². The van der Waals surface area contributed by atoms with E-state index in [9.17, 15) is 4.79 Å². The molecule has 1 aromatic rings. The molecule has 19 heavy (non-hydrogen) atoms. The maximum Gasteiger partial charge on any atom is 0.321 e. The number of nitrogens with zero attached hydrogens (tertiary/aromatic N) is 1. The molecule has 2 saturated heterocycles. The second kappa shape index (κ2) is 5.02. The first-order chi connectivity index (χ1) is 9.15. The molecule has 2 atom stereocenters. The van der Waals surface area contributed by atoms with Crippen LogP contribution in [0.5, 0.6) is 0 Å². The van der Waals surface area contributed by atoms with Crippen LogP contribution >= 0.6 is 11.6 Å². The van der Waals surface area contributed by atoms with Gasteiger partial charge in [-0.1, -0.05) is 23.7 Å². The SMILES string of the molecule is Cc1cccc(Cl)c1NC(=O)N1C[C@H]2CNC[C@H]2C1. The lowest BCUT2D eigenvalue weighted by atomic mass is 10.0. The van der Waals surface area contributed by atoms with Crippen LogP contribution in [0.3, 0.4) is 0 Å². The molecule has 4 nitrogen and oxygen atoms in total. The lowest BCUT2D eigenvalue weighted by molar-refractivity contribution is 0.219. The number of para-hydroxylation sites is 1. The fraction of sp³-hybridized carbons (Fsp3) is 0.500. The summed E-state index contributed by atoms with van der Waals surface area (Å²) in [5.41, 5.74) is 1.71. The lowest BCUT2D eigenvalue weighted by Crippen LogP contribution is -2.35. The number of nitrogens with one attached hydrogen (secondary N) is 2. The van der Waals surface area contributed by atoms with Gasteiger partial charge in [0.25, 0.3) is 0 Å². The van der Waals surface area contributed by atoms with Crippen molar-refractivity contribution in [3.05, 3.63) is 28.8 Å². The third-order valence-corrected chi connectivity index (χ3v) is 4.45. The molecule has 2 aliphatic heterocycles. The van der Waals surface area contributed by atoms with Gasteiger partial charge in [-0.25, -0.2) is 4.79 Å². The smallest absolute Gasteiger partial charge is 0.321 e. The Bertz CT molecular complexity index is 473. The van der Waals surface area contributed by atoms with Crippen LogP contribution in [0.1, 0.15) is 5.56 Å². The minimum atomic E-state index is -0.0365. The largest absolute Gasteiger partial charge is 0.324 e. The molecule has 3 rings (SSSR count). The monoisotopic (exact) mass is 279 g/mol. The highest BCUT2D eigenvalue weighted by atomic mass is 35.5. The molecule has 1 aromatic carbocycles. The second-order valence-electron chi connectivity index (χ2n) is 5.45. The summed E-state index contributed by atoms with van der Waals surface area (Å²) in [7, 11) is 0. The molecular weight excluding hydrogens is 262 g/mol. The van der Waals surface area contributed by atoms with E-state index in [0.717, 1.165) is 37.4 Å². The van der Waals surface area contributed by atoms with Crippen molar-refractivity contribution in [2.75, 3.05) is 31.5 Å². The first kappa shape index (κ1) is 12.8. The molecule has 2 fully saturated rings. The molecule has 0 bridgehead atoms. The summed E-state index contributed by atoms with van der Waals surface area (Å²) in [5, 5.41) is 6.91. The van der Waals surface area contributed by atoms with Crippen molar-refractivity contribution in [2.45, 2.75) is 6.92 Å². The predicted molar refractivity (Wildman–Crippen MR) is 76.6 cm³/mol. The van der Waals surface area contributed by atoms with Gasteiger partial charge in [-0.3, -0.25) is 0 Å². The average molecular weight is 280 g/mol. The Balaban J connectivity index is 1.69. The minimum Gasteiger partial charge on any atom is -0.324 e. The fourth-order valence-corrected chi connectivity index (χ4v) is 3.27. The molecule has 2 N–H and O–H groups in total.